The van der Waals surface area contributed by atoms with Crippen LogP contribution in [0.15, 0.2) is 22.7 Å². The highest BCUT2D eigenvalue weighted by atomic mass is 32.1. The Hall–Kier alpha value is -1.62. The van der Waals surface area contributed by atoms with Gasteiger partial charge in [0.05, 0.1) is 11.1 Å². The Bertz CT molecular complexity index is 501. The molecule has 2 rings (SSSR count). The summed E-state index contributed by atoms with van der Waals surface area (Å²) in [6.07, 6.45) is 3.58. The molecule has 1 N–H and O–H groups in total. The number of hydrogen-bond donors (Lipinski definition) is 1. The highest BCUT2D eigenvalue weighted by Crippen LogP contribution is 2.29. The van der Waals surface area contributed by atoms with Crippen molar-refractivity contribution in [3.05, 3.63) is 29.1 Å². The van der Waals surface area contributed by atoms with Gasteiger partial charge < -0.3 is 9.52 Å². The molecule has 0 radical (unpaired) electrons. The van der Waals surface area contributed by atoms with Crippen molar-refractivity contribution >= 4 is 17.3 Å². The fourth-order valence-electron chi connectivity index (χ4n) is 1.38. The number of hydrogen-bond acceptors (Lipinski definition) is 4. The largest absolute Gasteiger partial charge is 0.474 e. The quantitative estimate of drug-likeness (QED) is 0.887. The van der Waals surface area contributed by atoms with Gasteiger partial charge in [0, 0.05) is 4.88 Å². The van der Waals surface area contributed by atoms with E-state index in [1.165, 1.54) is 11.1 Å². The number of carboxylic acid groups (broad SMARTS) is 1. The van der Waals surface area contributed by atoms with Crippen molar-refractivity contribution in [2.24, 2.45) is 0 Å². The molecule has 0 amide bonds. The number of thiophene rings is 1. The topological polar surface area (TPSA) is 63.3 Å². The van der Waals surface area contributed by atoms with E-state index in [9.17, 15) is 4.79 Å². The van der Waals surface area contributed by atoms with Gasteiger partial charge in [-0.3, -0.25) is 0 Å². The van der Waals surface area contributed by atoms with Gasteiger partial charge in [-0.2, -0.15) is 0 Å². The number of nitrogens with zero attached hydrogens (tertiary/aromatic N) is 1. The van der Waals surface area contributed by atoms with Crippen LogP contribution in [0.5, 0.6) is 0 Å². The summed E-state index contributed by atoms with van der Waals surface area (Å²) < 4.78 is 5.12. The van der Waals surface area contributed by atoms with Crippen LogP contribution in [0.4, 0.5) is 0 Å². The average Bonchev–Trinajstić information content (AvgIpc) is 2.84. The molecule has 0 saturated heterocycles. The predicted molar refractivity (Wildman–Crippen MR) is 60.8 cm³/mol. The molecule has 0 aliphatic carbocycles. The zero-order chi connectivity index (χ0) is 11.5. The Morgan fingerprint density at radius 1 is 1.56 bits per heavy atom. The first-order valence-corrected chi connectivity index (χ1v) is 5.80. The van der Waals surface area contributed by atoms with Crippen molar-refractivity contribution < 1.29 is 14.3 Å². The highest BCUT2D eigenvalue weighted by molar-refractivity contribution is 7.15. The van der Waals surface area contributed by atoms with Crippen LogP contribution in [-0.4, -0.2) is 16.1 Å². The summed E-state index contributed by atoms with van der Waals surface area (Å²) >= 11 is 1.61. The van der Waals surface area contributed by atoms with E-state index in [2.05, 4.69) is 11.9 Å². The molecule has 2 aromatic rings. The first kappa shape index (κ1) is 10.9. The van der Waals surface area contributed by atoms with Crippen molar-refractivity contribution in [2.75, 3.05) is 0 Å². The number of rotatable bonds is 4. The molecular weight excluding hydrogens is 226 g/mol. The smallest absolute Gasteiger partial charge is 0.392 e. The van der Waals surface area contributed by atoms with Crippen molar-refractivity contribution in [3.8, 4) is 10.6 Å². The molecular formula is C11H11NO3S. The lowest BCUT2D eigenvalue weighted by Crippen LogP contribution is -1.94. The van der Waals surface area contributed by atoms with E-state index in [0.29, 0.717) is 5.76 Å². The number of oxazole rings is 1. The molecule has 0 saturated carbocycles. The van der Waals surface area contributed by atoms with Crippen LogP contribution < -0.4 is 0 Å². The van der Waals surface area contributed by atoms with E-state index < -0.39 is 5.97 Å². The maximum Gasteiger partial charge on any atom is 0.392 e. The molecule has 0 unspecified atom stereocenters. The summed E-state index contributed by atoms with van der Waals surface area (Å²) in [5.74, 6) is -0.887. The average molecular weight is 237 g/mol. The summed E-state index contributed by atoms with van der Waals surface area (Å²) in [5, 5.41) is 8.68. The van der Waals surface area contributed by atoms with Crippen molar-refractivity contribution in [1.82, 2.24) is 4.98 Å². The summed E-state index contributed by atoms with van der Waals surface area (Å²) in [6.45, 7) is 2.12. The second kappa shape index (κ2) is 4.49. The Balaban J connectivity index is 2.24. The first-order valence-electron chi connectivity index (χ1n) is 4.99. The number of aromatic nitrogens is 1. The third kappa shape index (κ3) is 2.14. The standard InChI is InChI=1S/C11H11NO3S/c1-2-3-7-4-5-9(16-7)8-6-12-10(15-8)11(13)14/h4-6H,2-3H2,1H3,(H,13,14). The molecule has 0 atom stereocenters. The Kier molecular flexibility index (Phi) is 3.05. The molecule has 2 heterocycles. The van der Waals surface area contributed by atoms with Crippen LogP contribution in [0.2, 0.25) is 0 Å². The molecule has 0 aromatic carbocycles. The molecule has 0 bridgehead atoms. The third-order valence-corrected chi connectivity index (χ3v) is 3.25. The van der Waals surface area contributed by atoms with Crippen LogP contribution in [0.25, 0.3) is 10.6 Å². The van der Waals surface area contributed by atoms with Crippen molar-refractivity contribution in [1.29, 1.82) is 0 Å². The van der Waals surface area contributed by atoms with Gasteiger partial charge >= 0.3 is 11.9 Å². The molecule has 0 spiro atoms. The van der Waals surface area contributed by atoms with Crippen LogP contribution in [0.1, 0.15) is 28.9 Å². The fraction of sp³-hybridized carbons (Fsp3) is 0.273. The molecule has 2 aromatic heterocycles. The van der Waals surface area contributed by atoms with E-state index in [1.54, 1.807) is 11.3 Å². The van der Waals surface area contributed by atoms with Gasteiger partial charge in [-0.15, -0.1) is 11.3 Å². The zero-order valence-corrected chi connectivity index (χ0v) is 9.58. The van der Waals surface area contributed by atoms with Crippen LogP contribution >= 0.6 is 11.3 Å². The lowest BCUT2D eigenvalue weighted by atomic mass is 10.3. The minimum atomic E-state index is -1.14. The van der Waals surface area contributed by atoms with E-state index in [-0.39, 0.29) is 5.89 Å². The van der Waals surface area contributed by atoms with Gasteiger partial charge in [-0.05, 0) is 18.6 Å². The molecule has 0 fully saturated rings. The molecule has 5 heteroatoms. The van der Waals surface area contributed by atoms with E-state index in [4.69, 9.17) is 9.52 Å². The summed E-state index contributed by atoms with van der Waals surface area (Å²) in [4.78, 5) is 16.5. The van der Waals surface area contributed by atoms with E-state index >= 15 is 0 Å². The minimum Gasteiger partial charge on any atom is -0.474 e. The lowest BCUT2D eigenvalue weighted by Gasteiger charge is -1.90. The molecule has 16 heavy (non-hydrogen) atoms. The van der Waals surface area contributed by atoms with E-state index in [0.717, 1.165) is 17.7 Å². The monoisotopic (exact) mass is 237 g/mol. The number of aromatic carboxylic acids is 1. The first-order chi connectivity index (χ1) is 7.70. The minimum absolute atomic E-state index is 0.263. The SMILES string of the molecule is CCCc1ccc(-c2cnc(C(=O)O)o2)s1. The zero-order valence-electron chi connectivity index (χ0n) is 8.77. The predicted octanol–water partition coefficient (Wildman–Crippen LogP) is 3.05. The van der Waals surface area contributed by atoms with Crippen LogP contribution in [0.3, 0.4) is 0 Å². The van der Waals surface area contributed by atoms with Crippen molar-refractivity contribution in [3.63, 3.8) is 0 Å². The summed E-state index contributed by atoms with van der Waals surface area (Å²) in [5.41, 5.74) is 0. The van der Waals surface area contributed by atoms with Gasteiger partial charge in [0.1, 0.15) is 0 Å². The van der Waals surface area contributed by atoms with Gasteiger partial charge in [0.25, 0.3) is 0 Å². The fourth-order valence-corrected chi connectivity index (χ4v) is 2.43. The molecule has 0 aliphatic heterocycles. The number of aryl methyl sites for hydroxylation is 1. The maximum absolute atomic E-state index is 10.6. The molecule has 84 valence electrons. The Morgan fingerprint density at radius 2 is 2.38 bits per heavy atom. The van der Waals surface area contributed by atoms with Gasteiger partial charge in [0.15, 0.2) is 5.76 Å². The maximum atomic E-state index is 10.6. The lowest BCUT2D eigenvalue weighted by molar-refractivity contribution is 0.0654. The van der Waals surface area contributed by atoms with Gasteiger partial charge in [0.2, 0.25) is 0 Å². The second-order valence-corrected chi connectivity index (χ2v) is 4.52. The second-order valence-electron chi connectivity index (χ2n) is 3.35. The summed E-state index contributed by atoms with van der Waals surface area (Å²) in [6, 6.07) is 3.97. The Morgan fingerprint density at radius 3 is 3.00 bits per heavy atom. The number of carboxylic acids is 1. The van der Waals surface area contributed by atoms with Gasteiger partial charge in [-0.25, -0.2) is 9.78 Å². The normalized spacial score (nSPS) is 10.6. The molecule has 0 aliphatic rings. The Labute approximate surface area is 96.6 Å². The van der Waals surface area contributed by atoms with Crippen molar-refractivity contribution in [2.45, 2.75) is 19.8 Å². The van der Waals surface area contributed by atoms with Crippen LogP contribution in [0, 0.1) is 0 Å². The molecule has 4 nitrogen and oxygen atoms in total. The number of carbonyl (C=O) groups is 1. The van der Waals surface area contributed by atoms with E-state index in [1.807, 2.05) is 12.1 Å². The van der Waals surface area contributed by atoms with Crippen LogP contribution in [-0.2, 0) is 6.42 Å². The summed E-state index contributed by atoms with van der Waals surface area (Å²) in [7, 11) is 0. The van der Waals surface area contributed by atoms with Gasteiger partial charge in [-0.1, -0.05) is 13.3 Å². The third-order valence-electron chi connectivity index (χ3n) is 2.09. The highest BCUT2D eigenvalue weighted by Gasteiger charge is 2.13.